The van der Waals surface area contributed by atoms with Gasteiger partial charge in [-0.3, -0.25) is 4.90 Å². The molecule has 0 amide bonds. The van der Waals surface area contributed by atoms with Gasteiger partial charge in [-0.15, -0.1) is 0 Å². The lowest BCUT2D eigenvalue weighted by Crippen LogP contribution is -2.33. The fraction of sp³-hybridized carbons (Fsp3) is 0.667. The predicted octanol–water partition coefficient (Wildman–Crippen LogP) is 3.37. The second kappa shape index (κ2) is 6.56. The highest BCUT2D eigenvalue weighted by Gasteiger charge is 2.34. The van der Waals surface area contributed by atoms with Gasteiger partial charge in [0.2, 0.25) is 0 Å². The molecule has 24 heavy (non-hydrogen) atoms. The van der Waals surface area contributed by atoms with Gasteiger partial charge in [-0.05, 0) is 56.5 Å². The minimum Gasteiger partial charge on any atom is -0.487 e. The van der Waals surface area contributed by atoms with E-state index in [1.54, 1.807) is 0 Å². The third-order valence-electron chi connectivity index (χ3n) is 4.66. The van der Waals surface area contributed by atoms with Gasteiger partial charge in [-0.25, -0.2) is 0 Å². The zero-order chi connectivity index (χ0) is 17.4. The fourth-order valence-corrected chi connectivity index (χ4v) is 3.67. The summed E-state index contributed by atoms with van der Waals surface area (Å²) in [5, 5.41) is 3.39. The van der Waals surface area contributed by atoms with Gasteiger partial charge in [-0.1, -0.05) is 12.1 Å². The second-order valence-corrected chi connectivity index (χ2v) is 7.62. The lowest BCUT2D eigenvalue weighted by molar-refractivity contribution is -0.143. The van der Waals surface area contributed by atoms with Crippen LogP contribution in [0.4, 0.5) is 13.2 Å². The number of rotatable bonds is 5. The van der Waals surface area contributed by atoms with E-state index in [2.05, 4.69) is 31.3 Å². The van der Waals surface area contributed by atoms with Crippen molar-refractivity contribution in [2.75, 3.05) is 26.2 Å². The second-order valence-electron chi connectivity index (χ2n) is 7.62. The van der Waals surface area contributed by atoms with Crippen molar-refractivity contribution in [3.8, 4) is 5.75 Å². The normalized spacial score (nSPS) is 23.3. The van der Waals surface area contributed by atoms with Crippen LogP contribution in [0.25, 0.3) is 0 Å². The van der Waals surface area contributed by atoms with Crippen LogP contribution in [0, 0.1) is 5.92 Å². The van der Waals surface area contributed by atoms with E-state index in [0.717, 1.165) is 31.7 Å². The third kappa shape index (κ3) is 4.63. The Morgan fingerprint density at radius 3 is 2.88 bits per heavy atom. The van der Waals surface area contributed by atoms with Crippen LogP contribution in [0.5, 0.6) is 5.75 Å². The van der Waals surface area contributed by atoms with Crippen LogP contribution in [0.1, 0.15) is 31.4 Å². The largest absolute Gasteiger partial charge is 0.487 e. The number of likely N-dealkylation sites (tertiary alicyclic amines) is 1. The lowest BCUT2D eigenvalue weighted by atomic mass is 10.00. The van der Waals surface area contributed by atoms with Crippen molar-refractivity contribution in [3.05, 3.63) is 29.3 Å². The lowest BCUT2D eigenvalue weighted by Gasteiger charge is -2.18. The van der Waals surface area contributed by atoms with Gasteiger partial charge in [0.1, 0.15) is 11.4 Å². The Kier molecular flexibility index (Phi) is 4.80. The van der Waals surface area contributed by atoms with Crippen LogP contribution >= 0.6 is 0 Å². The smallest absolute Gasteiger partial charge is 0.401 e. The molecule has 2 heterocycles. The molecule has 1 aromatic rings. The zero-order valence-corrected chi connectivity index (χ0v) is 14.2. The summed E-state index contributed by atoms with van der Waals surface area (Å²) in [6, 6.07) is 6.24. The summed E-state index contributed by atoms with van der Waals surface area (Å²) >= 11 is 0. The van der Waals surface area contributed by atoms with E-state index in [-0.39, 0.29) is 5.60 Å². The van der Waals surface area contributed by atoms with E-state index in [1.165, 1.54) is 16.0 Å². The monoisotopic (exact) mass is 342 g/mol. The molecule has 1 aromatic carbocycles. The first kappa shape index (κ1) is 17.5. The van der Waals surface area contributed by atoms with Crippen molar-refractivity contribution in [1.29, 1.82) is 0 Å². The molecule has 134 valence electrons. The van der Waals surface area contributed by atoms with Gasteiger partial charge in [0, 0.05) is 19.5 Å². The Labute approximate surface area is 141 Å². The van der Waals surface area contributed by atoms with Crippen LogP contribution in [-0.2, 0) is 13.0 Å². The Morgan fingerprint density at radius 2 is 2.12 bits per heavy atom. The first-order valence-electron chi connectivity index (χ1n) is 8.51. The number of hydrogen-bond donors (Lipinski definition) is 1. The van der Waals surface area contributed by atoms with E-state index >= 15 is 0 Å². The Hall–Kier alpha value is -1.27. The topological polar surface area (TPSA) is 24.5 Å². The SMILES string of the molecule is CC1(C)Cc2cc(CNCC3CCN(CC(F)(F)F)C3)ccc2O1. The molecule has 2 aliphatic heterocycles. The van der Waals surface area contributed by atoms with Crippen molar-refractivity contribution < 1.29 is 17.9 Å². The van der Waals surface area contributed by atoms with E-state index in [0.29, 0.717) is 19.0 Å². The van der Waals surface area contributed by atoms with Crippen molar-refractivity contribution in [1.82, 2.24) is 10.2 Å². The first-order valence-corrected chi connectivity index (χ1v) is 8.51. The van der Waals surface area contributed by atoms with Gasteiger partial charge < -0.3 is 10.1 Å². The highest BCUT2D eigenvalue weighted by molar-refractivity contribution is 5.41. The van der Waals surface area contributed by atoms with E-state index in [1.807, 2.05) is 6.07 Å². The van der Waals surface area contributed by atoms with Crippen molar-refractivity contribution >= 4 is 0 Å². The summed E-state index contributed by atoms with van der Waals surface area (Å²) in [7, 11) is 0. The van der Waals surface area contributed by atoms with Crippen LogP contribution in [0.3, 0.4) is 0 Å². The van der Waals surface area contributed by atoms with Crippen LogP contribution in [-0.4, -0.2) is 42.9 Å². The van der Waals surface area contributed by atoms with Gasteiger partial charge in [-0.2, -0.15) is 13.2 Å². The third-order valence-corrected chi connectivity index (χ3v) is 4.66. The van der Waals surface area contributed by atoms with Crippen LogP contribution in [0.15, 0.2) is 18.2 Å². The average molecular weight is 342 g/mol. The molecular weight excluding hydrogens is 317 g/mol. The first-order chi connectivity index (χ1) is 11.2. The summed E-state index contributed by atoms with van der Waals surface area (Å²) in [5.41, 5.74) is 2.29. The molecule has 0 spiro atoms. The predicted molar refractivity (Wildman–Crippen MR) is 87.2 cm³/mol. The number of ether oxygens (including phenoxy) is 1. The molecule has 1 unspecified atom stereocenters. The Bertz CT molecular complexity index is 586. The molecule has 0 aliphatic carbocycles. The molecule has 3 rings (SSSR count). The highest BCUT2D eigenvalue weighted by Crippen LogP contribution is 2.35. The number of nitrogens with one attached hydrogen (secondary N) is 1. The van der Waals surface area contributed by atoms with Crippen LogP contribution < -0.4 is 10.1 Å². The molecule has 0 aromatic heterocycles. The maximum Gasteiger partial charge on any atom is 0.401 e. The molecule has 0 radical (unpaired) electrons. The van der Waals surface area contributed by atoms with E-state index in [4.69, 9.17) is 4.74 Å². The van der Waals surface area contributed by atoms with Gasteiger partial charge in [0.15, 0.2) is 0 Å². The molecule has 0 bridgehead atoms. The Balaban J connectivity index is 1.43. The van der Waals surface area contributed by atoms with Crippen molar-refractivity contribution in [3.63, 3.8) is 0 Å². The van der Waals surface area contributed by atoms with Crippen LogP contribution in [0.2, 0.25) is 0 Å². The number of alkyl halides is 3. The molecule has 1 saturated heterocycles. The van der Waals surface area contributed by atoms with Crippen molar-refractivity contribution in [2.45, 2.75) is 45.0 Å². The maximum absolute atomic E-state index is 12.4. The van der Waals surface area contributed by atoms with E-state index in [9.17, 15) is 13.2 Å². The van der Waals surface area contributed by atoms with Gasteiger partial charge in [0.05, 0.1) is 6.54 Å². The number of benzene rings is 1. The molecule has 1 atom stereocenters. The summed E-state index contributed by atoms with van der Waals surface area (Å²) in [6.07, 6.45) is -2.36. The summed E-state index contributed by atoms with van der Waals surface area (Å²) in [5.74, 6) is 1.26. The average Bonchev–Trinajstić information content (AvgIpc) is 2.98. The van der Waals surface area contributed by atoms with Gasteiger partial charge >= 0.3 is 6.18 Å². The summed E-state index contributed by atoms with van der Waals surface area (Å²) in [4.78, 5) is 1.50. The summed E-state index contributed by atoms with van der Waals surface area (Å²) in [6.45, 7) is 5.94. The minimum atomic E-state index is -4.09. The molecule has 0 saturated carbocycles. The highest BCUT2D eigenvalue weighted by atomic mass is 19.4. The Morgan fingerprint density at radius 1 is 1.33 bits per heavy atom. The fourth-order valence-electron chi connectivity index (χ4n) is 3.67. The number of halogens is 3. The maximum atomic E-state index is 12.4. The molecule has 3 nitrogen and oxygen atoms in total. The molecule has 2 aliphatic rings. The number of fused-ring (bicyclic) bond motifs is 1. The quantitative estimate of drug-likeness (QED) is 0.888. The molecule has 1 fully saturated rings. The standard InChI is InChI=1S/C18H25F3N2O/c1-17(2)8-15-7-13(3-4-16(15)24-17)9-22-10-14-5-6-23(11-14)12-18(19,20)21/h3-4,7,14,22H,5-6,8-12H2,1-2H3. The molecule has 1 N–H and O–H groups in total. The number of nitrogens with zero attached hydrogens (tertiary/aromatic N) is 1. The van der Waals surface area contributed by atoms with Crippen molar-refractivity contribution in [2.24, 2.45) is 5.92 Å². The van der Waals surface area contributed by atoms with Gasteiger partial charge in [0.25, 0.3) is 0 Å². The molecular formula is C18H25F3N2O. The van der Waals surface area contributed by atoms with E-state index < -0.39 is 12.7 Å². The number of hydrogen-bond acceptors (Lipinski definition) is 3. The zero-order valence-electron chi connectivity index (χ0n) is 14.2. The molecule has 6 heteroatoms. The minimum absolute atomic E-state index is 0.139. The summed E-state index contributed by atoms with van der Waals surface area (Å²) < 4.78 is 43.1.